The molecule has 0 saturated carbocycles. The Kier molecular flexibility index (Phi) is 20.6. The third kappa shape index (κ3) is 6.44. The first-order valence-electron chi connectivity index (χ1n) is 1.50. The SMILES string of the molecule is C1=NC=NC1.[Cl-].[Cl-].[Cu+2]. The van der Waals surface area contributed by atoms with Gasteiger partial charge in [-0.05, 0) is 0 Å². The summed E-state index contributed by atoms with van der Waals surface area (Å²) >= 11 is 0. The minimum absolute atomic E-state index is 0. The van der Waals surface area contributed by atoms with Gasteiger partial charge in [0.25, 0.3) is 0 Å². The molecule has 2 nitrogen and oxygen atoms in total. The second-order valence-electron chi connectivity index (χ2n) is 0.812. The summed E-state index contributed by atoms with van der Waals surface area (Å²) in [4.78, 5) is 7.40. The molecule has 5 heteroatoms. The molecule has 0 spiro atoms. The van der Waals surface area contributed by atoms with Crippen molar-refractivity contribution in [1.29, 1.82) is 0 Å². The van der Waals surface area contributed by atoms with Crippen molar-refractivity contribution in [2.45, 2.75) is 0 Å². The van der Waals surface area contributed by atoms with Gasteiger partial charge in [-0.15, -0.1) is 0 Å². The van der Waals surface area contributed by atoms with Crippen LogP contribution in [-0.4, -0.2) is 19.1 Å². The molecule has 0 atom stereocenters. The van der Waals surface area contributed by atoms with Gasteiger partial charge < -0.3 is 24.8 Å². The molecule has 0 unspecified atom stereocenters. The molecule has 0 aliphatic carbocycles. The van der Waals surface area contributed by atoms with E-state index in [0.717, 1.165) is 6.54 Å². The van der Waals surface area contributed by atoms with Crippen LogP contribution in [0.3, 0.4) is 0 Å². The molecule has 1 aliphatic heterocycles. The molecule has 1 aliphatic rings. The van der Waals surface area contributed by atoms with Crippen LogP contribution in [0.2, 0.25) is 0 Å². The molecule has 0 amide bonds. The first-order valence-corrected chi connectivity index (χ1v) is 1.50. The quantitative estimate of drug-likeness (QED) is 0.350. The van der Waals surface area contributed by atoms with E-state index < -0.39 is 0 Å². The molecule has 0 N–H and O–H groups in total. The van der Waals surface area contributed by atoms with Gasteiger partial charge in [-0.3, -0.25) is 4.99 Å². The van der Waals surface area contributed by atoms with E-state index in [1.54, 1.807) is 12.6 Å². The monoisotopic (exact) mass is 201 g/mol. The summed E-state index contributed by atoms with van der Waals surface area (Å²) in [5, 5.41) is 0. The zero-order valence-electron chi connectivity index (χ0n) is 3.81. The van der Waals surface area contributed by atoms with Crippen LogP contribution < -0.4 is 24.8 Å². The van der Waals surface area contributed by atoms with Gasteiger partial charge in [0.1, 0.15) is 6.34 Å². The normalized spacial score (nSPS) is 11.0. The Hall–Kier alpha value is 0.439. The molecule has 51 valence electrons. The van der Waals surface area contributed by atoms with Gasteiger partial charge in [0, 0.05) is 6.21 Å². The van der Waals surface area contributed by atoms with Crippen LogP contribution in [0.4, 0.5) is 0 Å². The number of rotatable bonds is 0. The van der Waals surface area contributed by atoms with Gasteiger partial charge in [0.05, 0.1) is 6.54 Å². The second kappa shape index (κ2) is 10.4. The summed E-state index contributed by atoms with van der Waals surface area (Å²) in [5.74, 6) is 0. The number of nitrogens with zero attached hydrogens (tertiary/aromatic N) is 2. The zero-order valence-corrected chi connectivity index (χ0v) is 6.27. The van der Waals surface area contributed by atoms with E-state index in [2.05, 4.69) is 9.98 Å². The van der Waals surface area contributed by atoms with Crippen molar-refractivity contribution in [2.75, 3.05) is 6.54 Å². The Balaban J connectivity index is -0.0000000833. The van der Waals surface area contributed by atoms with E-state index in [4.69, 9.17) is 0 Å². The standard InChI is InChI=1S/C3H4N2.2ClH.Cu/c1-2-5-3-4-1;;;/h1,3H,2H2;2*1H;/q;;;+2/p-2. The van der Waals surface area contributed by atoms with E-state index in [0.29, 0.717) is 0 Å². The van der Waals surface area contributed by atoms with Gasteiger partial charge in [-0.1, -0.05) is 0 Å². The van der Waals surface area contributed by atoms with Crippen LogP contribution in [0.5, 0.6) is 0 Å². The summed E-state index contributed by atoms with van der Waals surface area (Å²) in [6, 6.07) is 0. The van der Waals surface area contributed by atoms with Crippen molar-refractivity contribution in [2.24, 2.45) is 9.98 Å². The Bertz CT molecular complexity index is 73.4. The molecule has 1 rings (SSSR count). The average Bonchev–Trinajstić information content (AvgIpc) is 1.76. The topological polar surface area (TPSA) is 24.7 Å². The maximum absolute atomic E-state index is 3.74. The van der Waals surface area contributed by atoms with Crippen molar-refractivity contribution < 1.29 is 41.9 Å². The van der Waals surface area contributed by atoms with Crippen LogP contribution >= 0.6 is 0 Å². The Morgan fingerprint density at radius 3 is 2.00 bits per heavy atom. The maximum atomic E-state index is 3.74. The van der Waals surface area contributed by atoms with Crippen molar-refractivity contribution in [1.82, 2.24) is 0 Å². The van der Waals surface area contributed by atoms with E-state index in [1.807, 2.05) is 0 Å². The Labute approximate surface area is 71.2 Å². The van der Waals surface area contributed by atoms with Gasteiger partial charge in [-0.25, -0.2) is 4.99 Å². The zero-order chi connectivity index (χ0) is 3.54. The first-order chi connectivity index (χ1) is 2.50. The third-order valence-corrected chi connectivity index (χ3v) is 0.441. The van der Waals surface area contributed by atoms with Crippen molar-refractivity contribution >= 4 is 12.6 Å². The molecule has 1 radical (unpaired) electrons. The van der Waals surface area contributed by atoms with Crippen molar-refractivity contribution in [3.8, 4) is 0 Å². The summed E-state index contributed by atoms with van der Waals surface area (Å²) < 4.78 is 0. The fourth-order valence-electron chi connectivity index (χ4n) is 0.236. The number of halogens is 2. The number of hydrogen-bond acceptors (Lipinski definition) is 2. The molecular weight excluding hydrogens is 198 g/mol. The third-order valence-electron chi connectivity index (χ3n) is 0.441. The minimum atomic E-state index is 0. The summed E-state index contributed by atoms with van der Waals surface area (Å²) in [7, 11) is 0. The van der Waals surface area contributed by atoms with Crippen LogP contribution in [0.1, 0.15) is 0 Å². The first kappa shape index (κ1) is 15.8. The molecule has 0 fully saturated rings. The van der Waals surface area contributed by atoms with E-state index >= 15 is 0 Å². The minimum Gasteiger partial charge on any atom is -1.00 e. The number of hydrogen-bond donors (Lipinski definition) is 0. The van der Waals surface area contributed by atoms with Crippen LogP contribution in [0.15, 0.2) is 9.98 Å². The van der Waals surface area contributed by atoms with Crippen LogP contribution in [0.25, 0.3) is 0 Å². The largest absolute Gasteiger partial charge is 2.00 e. The van der Waals surface area contributed by atoms with E-state index in [-0.39, 0.29) is 41.9 Å². The smallest absolute Gasteiger partial charge is 1.00 e. The molecule has 0 saturated heterocycles. The number of aliphatic imine (C=N–C) groups is 2. The Morgan fingerprint density at radius 2 is 1.88 bits per heavy atom. The second-order valence-corrected chi connectivity index (χ2v) is 0.812. The molecular formula is C3H4Cl2CuN2. The molecule has 0 aromatic heterocycles. The van der Waals surface area contributed by atoms with Gasteiger partial charge in [-0.2, -0.15) is 0 Å². The van der Waals surface area contributed by atoms with E-state index in [1.165, 1.54) is 0 Å². The fourth-order valence-corrected chi connectivity index (χ4v) is 0.236. The fraction of sp³-hybridized carbons (Fsp3) is 0.333. The molecule has 0 aromatic carbocycles. The maximum Gasteiger partial charge on any atom is 2.00 e. The van der Waals surface area contributed by atoms with Crippen molar-refractivity contribution in [3.05, 3.63) is 0 Å². The van der Waals surface area contributed by atoms with E-state index in [9.17, 15) is 0 Å². The van der Waals surface area contributed by atoms with Gasteiger partial charge >= 0.3 is 17.1 Å². The predicted molar refractivity (Wildman–Crippen MR) is 21.9 cm³/mol. The van der Waals surface area contributed by atoms with Crippen LogP contribution in [0, 0.1) is 0 Å². The average molecular weight is 203 g/mol. The summed E-state index contributed by atoms with van der Waals surface area (Å²) in [6.07, 6.45) is 3.32. The van der Waals surface area contributed by atoms with Gasteiger partial charge in [0.2, 0.25) is 0 Å². The Morgan fingerprint density at radius 1 is 1.25 bits per heavy atom. The molecule has 0 aromatic rings. The van der Waals surface area contributed by atoms with Gasteiger partial charge in [0.15, 0.2) is 0 Å². The summed E-state index contributed by atoms with van der Waals surface area (Å²) in [5.41, 5.74) is 0. The van der Waals surface area contributed by atoms with Crippen molar-refractivity contribution in [3.63, 3.8) is 0 Å². The molecule has 8 heavy (non-hydrogen) atoms. The van der Waals surface area contributed by atoms with Crippen LogP contribution in [-0.2, 0) is 17.1 Å². The molecule has 1 heterocycles. The molecule has 0 bridgehead atoms. The predicted octanol–water partition coefficient (Wildman–Crippen LogP) is -5.90. The summed E-state index contributed by atoms with van der Waals surface area (Å²) in [6.45, 7) is 0.778.